The van der Waals surface area contributed by atoms with E-state index in [1.807, 2.05) is 60.7 Å². The van der Waals surface area contributed by atoms with Crippen molar-refractivity contribution in [1.82, 2.24) is 4.98 Å². The molecule has 22 heavy (non-hydrogen) atoms. The Labute approximate surface area is 128 Å². The molecule has 1 aromatic heterocycles. The molecule has 2 nitrogen and oxygen atoms in total. The van der Waals surface area contributed by atoms with Gasteiger partial charge in [-0.25, -0.2) is 0 Å². The fourth-order valence-electron chi connectivity index (χ4n) is 2.88. The molecule has 0 saturated heterocycles. The average molecular weight is 283 g/mol. The molecule has 1 aliphatic rings. The Balaban J connectivity index is 1.88. The van der Waals surface area contributed by atoms with E-state index in [4.69, 9.17) is 0 Å². The molecule has 2 heteroatoms. The van der Waals surface area contributed by atoms with E-state index in [0.29, 0.717) is 5.56 Å². The number of hydrogen-bond donors (Lipinski definition) is 0. The molecule has 1 heterocycles. The third-order valence-electron chi connectivity index (χ3n) is 3.90. The van der Waals surface area contributed by atoms with Gasteiger partial charge in [-0.2, -0.15) is 0 Å². The molecule has 0 bridgehead atoms. The standard InChI is InChI=1S/C20H13NO/c22-19(14-7-2-1-3-8-14)13-18-15-9-4-5-10-16(15)20-17(18)11-6-12-21-20/h1-13H. The first kappa shape index (κ1) is 12.7. The summed E-state index contributed by atoms with van der Waals surface area (Å²) in [7, 11) is 0. The van der Waals surface area contributed by atoms with Crippen molar-refractivity contribution in [2.24, 2.45) is 0 Å². The van der Waals surface area contributed by atoms with Gasteiger partial charge >= 0.3 is 0 Å². The van der Waals surface area contributed by atoms with Gasteiger partial charge in [-0.05, 0) is 23.3 Å². The van der Waals surface area contributed by atoms with Gasteiger partial charge in [-0.3, -0.25) is 9.78 Å². The molecular weight excluding hydrogens is 270 g/mol. The number of nitrogens with zero attached hydrogens (tertiary/aromatic N) is 1. The van der Waals surface area contributed by atoms with Crippen molar-refractivity contribution in [3.63, 3.8) is 0 Å². The van der Waals surface area contributed by atoms with Crippen LogP contribution in [0.3, 0.4) is 0 Å². The summed E-state index contributed by atoms with van der Waals surface area (Å²) < 4.78 is 0. The molecule has 0 amide bonds. The Bertz CT molecular complexity index is 847. The molecule has 0 aliphatic heterocycles. The third-order valence-corrected chi connectivity index (χ3v) is 3.90. The fourth-order valence-corrected chi connectivity index (χ4v) is 2.88. The van der Waals surface area contributed by atoms with E-state index < -0.39 is 0 Å². The summed E-state index contributed by atoms with van der Waals surface area (Å²) in [5, 5.41) is 0. The highest BCUT2D eigenvalue weighted by Gasteiger charge is 2.24. The summed E-state index contributed by atoms with van der Waals surface area (Å²) in [6.45, 7) is 0. The lowest BCUT2D eigenvalue weighted by Crippen LogP contribution is -1.96. The zero-order valence-corrected chi connectivity index (χ0v) is 11.9. The SMILES string of the molecule is O=C(C=C1c2ccccc2-c2ncccc21)c1ccccc1. The van der Waals surface area contributed by atoms with Crippen molar-refractivity contribution in [2.45, 2.75) is 0 Å². The van der Waals surface area contributed by atoms with Crippen molar-refractivity contribution in [3.05, 3.63) is 95.7 Å². The van der Waals surface area contributed by atoms with Crippen LogP contribution in [-0.4, -0.2) is 10.8 Å². The molecule has 1 aliphatic carbocycles. The topological polar surface area (TPSA) is 30.0 Å². The number of fused-ring (bicyclic) bond motifs is 3. The van der Waals surface area contributed by atoms with Gasteiger partial charge in [0.05, 0.1) is 5.69 Å². The second-order valence-corrected chi connectivity index (χ2v) is 5.23. The number of hydrogen-bond acceptors (Lipinski definition) is 2. The van der Waals surface area contributed by atoms with Gasteiger partial charge in [0, 0.05) is 22.9 Å². The van der Waals surface area contributed by atoms with Crippen LogP contribution in [0.2, 0.25) is 0 Å². The minimum Gasteiger partial charge on any atom is -0.289 e. The largest absolute Gasteiger partial charge is 0.289 e. The molecule has 0 spiro atoms. The molecule has 2 aromatic carbocycles. The Hall–Kier alpha value is -3.00. The molecule has 0 unspecified atom stereocenters. The van der Waals surface area contributed by atoms with Crippen molar-refractivity contribution >= 4 is 11.4 Å². The van der Waals surface area contributed by atoms with Gasteiger partial charge in [0.1, 0.15) is 0 Å². The first-order valence-electron chi connectivity index (χ1n) is 7.21. The quantitative estimate of drug-likeness (QED) is 0.404. The minimum absolute atomic E-state index is 0.0158. The maximum absolute atomic E-state index is 12.5. The molecule has 0 saturated carbocycles. The predicted molar refractivity (Wildman–Crippen MR) is 87.5 cm³/mol. The highest BCUT2D eigenvalue weighted by atomic mass is 16.1. The molecular formula is C20H13NO. The summed E-state index contributed by atoms with van der Waals surface area (Å²) in [6, 6.07) is 21.4. The molecule has 3 aromatic rings. The highest BCUT2D eigenvalue weighted by molar-refractivity contribution is 6.13. The van der Waals surface area contributed by atoms with Gasteiger partial charge < -0.3 is 0 Å². The normalized spacial score (nSPS) is 13.7. The van der Waals surface area contributed by atoms with Crippen LogP contribution in [0.5, 0.6) is 0 Å². The van der Waals surface area contributed by atoms with Crippen molar-refractivity contribution in [2.75, 3.05) is 0 Å². The van der Waals surface area contributed by atoms with Crippen molar-refractivity contribution in [3.8, 4) is 11.3 Å². The van der Waals surface area contributed by atoms with Crippen LogP contribution >= 0.6 is 0 Å². The van der Waals surface area contributed by atoms with Crippen LogP contribution in [0.25, 0.3) is 16.8 Å². The van der Waals surface area contributed by atoms with Crippen LogP contribution in [-0.2, 0) is 0 Å². The number of carbonyl (C=O) groups excluding carboxylic acids is 1. The number of rotatable bonds is 2. The second kappa shape index (κ2) is 5.08. The number of carbonyl (C=O) groups is 1. The zero-order valence-electron chi connectivity index (χ0n) is 11.9. The second-order valence-electron chi connectivity index (χ2n) is 5.23. The van der Waals surface area contributed by atoms with Gasteiger partial charge in [-0.15, -0.1) is 0 Å². The van der Waals surface area contributed by atoms with Gasteiger partial charge in [0.25, 0.3) is 0 Å². The van der Waals surface area contributed by atoms with Crippen LogP contribution < -0.4 is 0 Å². The number of benzene rings is 2. The summed E-state index contributed by atoms with van der Waals surface area (Å²) in [5.41, 5.74) is 5.78. The average Bonchev–Trinajstić information content (AvgIpc) is 2.90. The van der Waals surface area contributed by atoms with Crippen LogP contribution in [0, 0.1) is 0 Å². The minimum atomic E-state index is 0.0158. The van der Waals surface area contributed by atoms with Gasteiger partial charge in [0.2, 0.25) is 0 Å². The molecule has 104 valence electrons. The Morgan fingerprint density at radius 3 is 2.27 bits per heavy atom. The Morgan fingerprint density at radius 1 is 0.773 bits per heavy atom. The summed E-state index contributed by atoms with van der Waals surface area (Å²) >= 11 is 0. The van der Waals surface area contributed by atoms with Crippen molar-refractivity contribution < 1.29 is 4.79 Å². The van der Waals surface area contributed by atoms with E-state index in [-0.39, 0.29) is 5.78 Å². The summed E-state index contributed by atoms with van der Waals surface area (Å²) in [4.78, 5) is 17.0. The maximum Gasteiger partial charge on any atom is 0.186 e. The molecule has 4 rings (SSSR count). The number of pyridine rings is 1. The van der Waals surface area contributed by atoms with Crippen LogP contribution in [0.15, 0.2) is 79.0 Å². The van der Waals surface area contributed by atoms with E-state index in [2.05, 4.69) is 11.1 Å². The van der Waals surface area contributed by atoms with E-state index in [1.165, 1.54) is 0 Å². The van der Waals surface area contributed by atoms with E-state index in [9.17, 15) is 4.79 Å². The number of allylic oxidation sites excluding steroid dienone is 1. The first-order chi connectivity index (χ1) is 10.8. The van der Waals surface area contributed by atoms with E-state index in [1.54, 1.807) is 12.3 Å². The lowest BCUT2D eigenvalue weighted by Gasteiger charge is -2.02. The molecule has 0 fully saturated rings. The lowest BCUT2D eigenvalue weighted by atomic mass is 10.0. The van der Waals surface area contributed by atoms with Gasteiger partial charge in [-0.1, -0.05) is 60.7 Å². The van der Waals surface area contributed by atoms with Crippen LogP contribution in [0.4, 0.5) is 0 Å². The highest BCUT2D eigenvalue weighted by Crippen LogP contribution is 2.42. The number of aromatic nitrogens is 1. The smallest absolute Gasteiger partial charge is 0.186 e. The zero-order chi connectivity index (χ0) is 14.9. The number of ketones is 1. The Kier molecular flexibility index (Phi) is 2.94. The summed E-state index contributed by atoms with van der Waals surface area (Å²) in [5.74, 6) is 0.0158. The van der Waals surface area contributed by atoms with Crippen LogP contribution in [0.1, 0.15) is 21.5 Å². The summed E-state index contributed by atoms with van der Waals surface area (Å²) in [6.07, 6.45) is 3.51. The molecule has 0 atom stereocenters. The predicted octanol–water partition coefficient (Wildman–Crippen LogP) is 4.38. The van der Waals surface area contributed by atoms with Gasteiger partial charge in [0.15, 0.2) is 5.78 Å². The fraction of sp³-hybridized carbons (Fsp3) is 0. The van der Waals surface area contributed by atoms with Crippen molar-refractivity contribution in [1.29, 1.82) is 0 Å². The third kappa shape index (κ3) is 1.97. The lowest BCUT2D eigenvalue weighted by molar-refractivity contribution is 0.104. The first-order valence-corrected chi connectivity index (χ1v) is 7.21. The monoisotopic (exact) mass is 283 g/mol. The molecule has 0 radical (unpaired) electrons. The molecule has 0 N–H and O–H groups in total. The van der Waals surface area contributed by atoms with E-state index in [0.717, 1.165) is 28.0 Å². The van der Waals surface area contributed by atoms with E-state index >= 15 is 0 Å². The maximum atomic E-state index is 12.5. The Morgan fingerprint density at radius 2 is 1.45 bits per heavy atom.